The van der Waals surface area contributed by atoms with Gasteiger partial charge in [-0.3, -0.25) is 0 Å². The third-order valence-corrected chi connectivity index (χ3v) is 2.74. The summed E-state index contributed by atoms with van der Waals surface area (Å²) in [5.74, 6) is 2.10. The van der Waals surface area contributed by atoms with E-state index in [1.54, 1.807) is 0 Å². The van der Waals surface area contributed by atoms with Gasteiger partial charge in [-0.2, -0.15) is 0 Å². The van der Waals surface area contributed by atoms with Gasteiger partial charge in [-0.05, 0) is 23.6 Å². The molecular formula is C13H18N2. The summed E-state index contributed by atoms with van der Waals surface area (Å²) in [5.41, 5.74) is 3.59. The molecule has 80 valence electrons. The molecule has 2 rings (SSSR count). The van der Waals surface area contributed by atoms with E-state index in [1.807, 2.05) is 0 Å². The van der Waals surface area contributed by atoms with Gasteiger partial charge in [0, 0.05) is 5.92 Å². The van der Waals surface area contributed by atoms with Gasteiger partial charge < -0.3 is 4.98 Å². The van der Waals surface area contributed by atoms with Crippen molar-refractivity contribution in [3.8, 4) is 0 Å². The molecule has 0 aliphatic carbocycles. The van der Waals surface area contributed by atoms with Crippen LogP contribution in [0.3, 0.4) is 0 Å². The van der Waals surface area contributed by atoms with Crippen molar-refractivity contribution < 1.29 is 0 Å². The van der Waals surface area contributed by atoms with E-state index in [2.05, 4.69) is 55.9 Å². The molecule has 2 aromatic rings. The van der Waals surface area contributed by atoms with Crippen LogP contribution in [0.25, 0.3) is 11.0 Å². The van der Waals surface area contributed by atoms with Crippen LogP contribution in [0.5, 0.6) is 0 Å². The Bertz CT molecular complexity index is 460. The smallest absolute Gasteiger partial charge is 0.109 e. The van der Waals surface area contributed by atoms with E-state index < -0.39 is 0 Å². The highest BCUT2D eigenvalue weighted by Crippen LogP contribution is 2.21. The number of nitrogens with zero attached hydrogens (tertiary/aromatic N) is 1. The second-order valence-electron chi connectivity index (χ2n) is 4.71. The van der Waals surface area contributed by atoms with Crippen LogP contribution in [0.4, 0.5) is 0 Å². The SMILES string of the molecule is CC(C)c1ccc2nc(C(C)C)[nH]c2c1. The second-order valence-corrected chi connectivity index (χ2v) is 4.71. The molecule has 0 unspecified atom stereocenters. The fourth-order valence-corrected chi connectivity index (χ4v) is 1.68. The molecule has 0 aliphatic heterocycles. The van der Waals surface area contributed by atoms with Gasteiger partial charge in [0.15, 0.2) is 0 Å². The van der Waals surface area contributed by atoms with Crippen molar-refractivity contribution >= 4 is 11.0 Å². The Morgan fingerprint density at radius 1 is 1.07 bits per heavy atom. The average molecular weight is 202 g/mol. The van der Waals surface area contributed by atoms with Crippen LogP contribution in [0.2, 0.25) is 0 Å². The lowest BCUT2D eigenvalue weighted by atomic mass is 10.0. The topological polar surface area (TPSA) is 28.7 Å². The van der Waals surface area contributed by atoms with Crippen LogP contribution >= 0.6 is 0 Å². The lowest BCUT2D eigenvalue weighted by molar-refractivity contribution is 0.799. The van der Waals surface area contributed by atoms with E-state index >= 15 is 0 Å². The maximum absolute atomic E-state index is 4.56. The molecule has 1 aromatic heterocycles. The van der Waals surface area contributed by atoms with Gasteiger partial charge in [-0.25, -0.2) is 4.98 Å². The molecule has 1 aromatic carbocycles. The number of benzene rings is 1. The molecule has 1 N–H and O–H groups in total. The Balaban J connectivity index is 2.52. The number of fused-ring (bicyclic) bond motifs is 1. The number of aromatic nitrogens is 2. The van der Waals surface area contributed by atoms with Crippen molar-refractivity contribution in [1.82, 2.24) is 9.97 Å². The lowest BCUT2D eigenvalue weighted by Crippen LogP contribution is -1.88. The third-order valence-electron chi connectivity index (χ3n) is 2.74. The molecule has 15 heavy (non-hydrogen) atoms. The Morgan fingerprint density at radius 2 is 1.80 bits per heavy atom. The highest BCUT2D eigenvalue weighted by molar-refractivity contribution is 5.76. The average Bonchev–Trinajstić information content (AvgIpc) is 2.59. The highest BCUT2D eigenvalue weighted by Gasteiger charge is 2.07. The fraction of sp³-hybridized carbons (Fsp3) is 0.462. The number of aromatic amines is 1. The Labute approximate surface area is 90.7 Å². The Morgan fingerprint density at radius 3 is 2.40 bits per heavy atom. The van der Waals surface area contributed by atoms with E-state index in [0.29, 0.717) is 11.8 Å². The van der Waals surface area contributed by atoms with Crippen molar-refractivity contribution in [1.29, 1.82) is 0 Å². The standard InChI is InChI=1S/C13H18N2/c1-8(2)10-5-6-11-12(7-10)15-13(14-11)9(3)4/h5-9H,1-4H3,(H,14,15). The number of hydrogen-bond donors (Lipinski definition) is 1. The molecule has 0 radical (unpaired) electrons. The monoisotopic (exact) mass is 202 g/mol. The zero-order valence-corrected chi connectivity index (χ0v) is 9.83. The molecule has 0 spiro atoms. The molecule has 0 saturated heterocycles. The molecule has 0 amide bonds. The first-order chi connectivity index (χ1) is 7.08. The highest BCUT2D eigenvalue weighted by atomic mass is 14.9. The van der Waals surface area contributed by atoms with Crippen molar-refractivity contribution in [2.75, 3.05) is 0 Å². The summed E-state index contributed by atoms with van der Waals surface area (Å²) in [6.07, 6.45) is 0. The van der Waals surface area contributed by atoms with E-state index in [-0.39, 0.29) is 0 Å². The van der Waals surface area contributed by atoms with Crippen molar-refractivity contribution in [3.05, 3.63) is 29.6 Å². The van der Waals surface area contributed by atoms with Crippen molar-refractivity contribution in [3.63, 3.8) is 0 Å². The Kier molecular flexibility index (Phi) is 2.51. The minimum Gasteiger partial charge on any atom is -0.342 e. The van der Waals surface area contributed by atoms with Gasteiger partial charge in [0.05, 0.1) is 11.0 Å². The summed E-state index contributed by atoms with van der Waals surface area (Å²) in [6.45, 7) is 8.73. The number of rotatable bonds is 2. The minimum atomic E-state index is 0.458. The molecule has 0 aliphatic rings. The number of nitrogens with one attached hydrogen (secondary N) is 1. The largest absolute Gasteiger partial charge is 0.342 e. The van der Waals surface area contributed by atoms with Crippen LogP contribution in [0.1, 0.15) is 50.9 Å². The second kappa shape index (κ2) is 3.69. The zero-order valence-electron chi connectivity index (χ0n) is 9.83. The fourth-order valence-electron chi connectivity index (χ4n) is 1.68. The molecule has 0 saturated carbocycles. The third kappa shape index (κ3) is 1.89. The van der Waals surface area contributed by atoms with E-state index in [0.717, 1.165) is 16.9 Å². The first-order valence-electron chi connectivity index (χ1n) is 5.57. The van der Waals surface area contributed by atoms with Gasteiger partial charge in [0.25, 0.3) is 0 Å². The van der Waals surface area contributed by atoms with E-state index in [4.69, 9.17) is 0 Å². The quantitative estimate of drug-likeness (QED) is 0.788. The molecule has 2 heteroatoms. The molecule has 0 fully saturated rings. The predicted octanol–water partition coefficient (Wildman–Crippen LogP) is 3.81. The normalized spacial score (nSPS) is 11.9. The van der Waals surface area contributed by atoms with Crippen molar-refractivity contribution in [2.24, 2.45) is 0 Å². The molecule has 2 nitrogen and oxygen atoms in total. The number of imidazole rings is 1. The first kappa shape index (κ1) is 10.2. The summed E-state index contributed by atoms with van der Waals surface area (Å²) >= 11 is 0. The summed E-state index contributed by atoms with van der Waals surface area (Å²) in [5, 5.41) is 0. The maximum atomic E-state index is 4.56. The van der Waals surface area contributed by atoms with Crippen LogP contribution in [-0.2, 0) is 0 Å². The van der Waals surface area contributed by atoms with E-state index in [1.165, 1.54) is 5.56 Å². The number of hydrogen-bond acceptors (Lipinski definition) is 1. The molecule has 1 heterocycles. The van der Waals surface area contributed by atoms with Crippen LogP contribution in [0, 0.1) is 0 Å². The zero-order chi connectivity index (χ0) is 11.0. The van der Waals surface area contributed by atoms with Crippen LogP contribution in [0.15, 0.2) is 18.2 Å². The van der Waals surface area contributed by atoms with Gasteiger partial charge in [-0.1, -0.05) is 33.8 Å². The lowest BCUT2D eigenvalue weighted by Gasteiger charge is -2.03. The van der Waals surface area contributed by atoms with Crippen LogP contribution in [-0.4, -0.2) is 9.97 Å². The summed E-state index contributed by atoms with van der Waals surface area (Å²) in [4.78, 5) is 7.94. The van der Waals surface area contributed by atoms with Gasteiger partial charge in [-0.15, -0.1) is 0 Å². The van der Waals surface area contributed by atoms with Gasteiger partial charge in [0.1, 0.15) is 5.82 Å². The van der Waals surface area contributed by atoms with Crippen molar-refractivity contribution in [2.45, 2.75) is 39.5 Å². The molecule has 0 atom stereocenters. The van der Waals surface area contributed by atoms with E-state index in [9.17, 15) is 0 Å². The molecule has 0 bridgehead atoms. The summed E-state index contributed by atoms with van der Waals surface area (Å²) in [6, 6.07) is 6.48. The molecular weight excluding hydrogens is 184 g/mol. The van der Waals surface area contributed by atoms with Crippen LogP contribution < -0.4 is 0 Å². The summed E-state index contributed by atoms with van der Waals surface area (Å²) in [7, 11) is 0. The maximum Gasteiger partial charge on any atom is 0.109 e. The minimum absolute atomic E-state index is 0.458. The van der Waals surface area contributed by atoms with Gasteiger partial charge >= 0.3 is 0 Å². The summed E-state index contributed by atoms with van der Waals surface area (Å²) < 4.78 is 0. The Hall–Kier alpha value is -1.31. The predicted molar refractivity (Wildman–Crippen MR) is 64.3 cm³/mol. The van der Waals surface area contributed by atoms with Gasteiger partial charge in [0.2, 0.25) is 0 Å². The number of H-pyrrole nitrogens is 1. The first-order valence-corrected chi connectivity index (χ1v) is 5.57.